The highest BCUT2D eigenvalue weighted by molar-refractivity contribution is 5.94. The van der Waals surface area contributed by atoms with Crippen molar-refractivity contribution in [2.75, 3.05) is 30.4 Å². The van der Waals surface area contributed by atoms with Crippen LogP contribution < -0.4 is 15.5 Å². The van der Waals surface area contributed by atoms with Crippen molar-refractivity contribution in [3.63, 3.8) is 0 Å². The van der Waals surface area contributed by atoms with Crippen molar-refractivity contribution in [1.29, 1.82) is 0 Å². The molecule has 0 unspecified atom stereocenters. The van der Waals surface area contributed by atoms with E-state index in [9.17, 15) is 13.6 Å². The summed E-state index contributed by atoms with van der Waals surface area (Å²) in [7, 11) is 9.18. The van der Waals surface area contributed by atoms with Gasteiger partial charge in [-0.2, -0.15) is 5.10 Å². The molecule has 3 heterocycles. The molecule has 9 heteroatoms. The molecule has 178 valence electrons. The lowest BCUT2D eigenvalue weighted by Crippen LogP contribution is -2.25. The Balaban J connectivity index is 1.72. The Bertz CT molecular complexity index is 1460. The summed E-state index contributed by atoms with van der Waals surface area (Å²) in [6, 6.07) is 7.54. The fraction of sp³-hybridized carbons (Fsp3) is 0.360. The van der Waals surface area contributed by atoms with E-state index >= 15 is 0 Å². The minimum absolute atomic E-state index is 0.000303. The zero-order valence-corrected chi connectivity index (χ0v) is 20.0. The summed E-state index contributed by atoms with van der Waals surface area (Å²) >= 11 is 0. The average Bonchev–Trinajstić information content (AvgIpc) is 3.34. The van der Waals surface area contributed by atoms with E-state index in [2.05, 4.69) is 10.00 Å². The maximum Gasteiger partial charge on any atom is 0.328 e. The Morgan fingerprint density at radius 3 is 2.47 bits per heavy atom. The number of anilines is 3. The lowest BCUT2D eigenvalue weighted by Gasteiger charge is -2.33. The molecule has 0 atom stereocenters. The van der Waals surface area contributed by atoms with Crippen LogP contribution in [0.15, 0.2) is 41.5 Å². The van der Waals surface area contributed by atoms with Gasteiger partial charge in [-0.25, -0.2) is 13.6 Å². The van der Waals surface area contributed by atoms with Crippen LogP contribution in [-0.4, -0.2) is 39.6 Å². The third-order valence-corrected chi connectivity index (χ3v) is 6.74. The summed E-state index contributed by atoms with van der Waals surface area (Å²) in [6.45, 7) is 0.709. The molecule has 0 aliphatic carbocycles. The van der Waals surface area contributed by atoms with Crippen molar-refractivity contribution in [3.05, 3.63) is 58.3 Å². The third kappa shape index (κ3) is 3.38. The normalized spacial score (nSPS) is 13.7. The van der Waals surface area contributed by atoms with Crippen LogP contribution >= 0.6 is 0 Å². The smallest absolute Gasteiger partial charge is 0.328 e. The number of aromatic nitrogens is 4. The highest BCUT2D eigenvalue weighted by atomic mass is 19.3. The molecule has 2 aromatic carbocycles. The van der Waals surface area contributed by atoms with Crippen LogP contribution in [0.1, 0.15) is 24.0 Å². The number of hydrogen-bond donors (Lipinski definition) is 0. The zero-order valence-electron chi connectivity index (χ0n) is 20.0. The number of imidazole rings is 1. The average molecular weight is 467 g/mol. The van der Waals surface area contributed by atoms with E-state index in [4.69, 9.17) is 0 Å². The molecule has 0 amide bonds. The first-order valence-corrected chi connectivity index (χ1v) is 11.3. The molecule has 0 saturated carbocycles. The van der Waals surface area contributed by atoms with Crippen molar-refractivity contribution in [2.45, 2.75) is 19.3 Å². The second-order valence-electron chi connectivity index (χ2n) is 9.15. The highest BCUT2D eigenvalue weighted by Crippen LogP contribution is 2.42. The minimum atomic E-state index is -2.61. The van der Waals surface area contributed by atoms with E-state index < -0.39 is 6.43 Å². The number of nitrogens with zero attached hydrogens (tertiary/aromatic N) is 6. The predicted molar refractivity (Wildman–Crippen MR) is 131 cm³/mol. The van der Waals surface area contributed by atoms with Crippen LogP contribution in [0, 0.1) is 0 Å². The van der Waals surface area contributed by atoms with Gasteiger partial charge in [0.2, 0.25) is 0 Å². The van der Waals surface area contributed by atoms with E-state index in [0.29, 0.717) is 17.7 Å². The van der Waals surface area contributed by atoms with Gasteiger partial charge in [0.1, 0.15) is 0 Å². The molecule has 0 bridgehead atoms. The molecule has 0 spiro atoms. The van der Waals surface area contributed by atoms with Gasteiger partial charge in [-0.1, -0.05) is 0 Å². The second-order valence-corrected chi connectivity index (χ2v) is 9.15. The summed E-state index contributed by atoms with van der Waals surface area (Å²) in [6.07, 6.45) is 2.49. The Labute approximate surface area is 196 Å². The zero-order chi connectivity index (χ0) is 24.3. The van der Waals surface area contributed by atoms with Gasteiger partial charge in [-0.3, -0.25) is 13.8 Å². The Hall–Kier alpha value is -3.62. The Morgan fingerprint density at radius 1 is 1.06 bits per heavy atom. The number of benzene rings is 2. The van der Waals surface area contributed by atoms with Gasteiger partial charge in [0.25, 0.3) is 6.43 Å². The quantitative estimate of drug-likeness (QED) is 0.448. The lowest BCUT2D eigenvalue weighted by atomic mass is 9.92. The van der Waals surface area contributed by atoms with Crippen LogP contribution in [0.5, 0.6) is 0 Å². The number of fused-ring (bicyclic) bond motifs is 2. The number of alkyl halides is 2. The highest BCUT2D eigenvalue weighted by Gasteiger charge is 2.26. The fourth-order valence-corrected chi connectivity index (χ4v) is 5.02. The molecule has 2 aromatic heterocycles. The van der Waals surface area contributed by atoms with Gasteiger partial charge in [-0.15, -0.1) is 0 Å². The summed E-state index contributed by atoms with van der Waals surface area (Å²) in [5, 5.41) is 4.17. The first kappa shape index (κ1) is 22.2. The largest absolute Gasteiger partial charge is 0.376 e. The summed E-state index contributed by atoms with van der Waals surface area (Å²) in [5.41, 5.74) is 6.37. The maximum atomic E-state index is 14.2. The molecular weight excluding hydrogens is 438 g/mol. The van der Waals surface area contributed by atoms with Crippen molar-refractivity contribution in [1.82, 2.24) is 18.9 Å². The molecule has 7 nitrogen and oxygen atoms in total. The van der Waals surface area contributed by atoms with Gasteiger partial charge in [0.05, 0.1) is 22.9 Å². The minimum Gasteiger partial charge on any atom is -0.376 e. The van der Waals surface area contributed by atoms with Crippen molar-refractivity contribution >= 4 is 28.1 Å². The van der Waals surface area contributed by atoms with Crippen LogP contribution in [0.2, 0.25) is 0 Å². The van der Waals surface area contributed by atoms with E-state index in [-0.39, 0.29) is 11.3 Å². The molecular formula is C25H28F2N6O. The monoisotopic (exact) mass is 466 g/mol. The van der Waals surface area contributed by atoms with E-state index in [0.717, 1.165) is 46.5 Å². The van der Waals surface area contributed by atoms with E-state index in [1.54, 1.807) is 53.4 Å². The molecule has 34 heavy (non-hydrogen) atoms. The number of hydrogen-bond acceptors (Lipinski definition) is 4. The van der Waals surface area contributed by atoms with E-state index in [1.807, 2.05) is 37.2 Å². The first-order valence-electron chi connectivity index (χ1n) is 11.3. The molecule has 1 aliphatic rings. The number of halogens is 2. The molecule has 0 N–H and O–H groups in total. The van der Waals surface area contributed by atoms with Gasteiger partial charge >= 0.3 is 5.69 Å². The fourth-order valence-electron chi connectivity index (χ4n) is 5.02. The summed E-state index contributed by atoms with van der Waals surface area (Å²) in [5.74, 6) is 0. The van der Waals surface area contributed by atoms with Crippen molar-refractivity contribution in [3.8, 4) is 11.1 Å². The second kappa shape index (κ2) is 8.00. The Kier molecular flexibility index (Phi) is 5.22. The first-order chi connectivity index (χ1) is 16.2. The predicted octanol–water partition coefficient (Wildman–Crippen LogP) is 4.37. The molecule has 0 saturated heterocycles. The van der Waals surface area contributed by atoms with Crippen LogP contribution in [-0.2, 0) is 27.6 Å². The number of aryl methyl sites for hydroxylation is 4. The molecule has 0 radical (unpaired) electrons. The van der Waals surface area contributed by atoms with Crippen molar-refractivity contribution in [2.24, 2.45) is 21.1 Å². The van der Waals surface area contributed by atoms with Crippen LogP contribution in [0.3, 0.4) is 0 Å². The maximum absolute atomic E-state index is 14.2. The SMILES string of the molecule is CN(C)c1cc(N2CCCc3cc(-c4cnn(C)c4)c(C(F)F)cc32)cc2c1n(C)c(=O)n2C. The van der Waals surface area contributed by atoms with Gasteiger partial charge < -0.3 is 9.80 Å². The molecule has 5 rings (SSSR count). The van der Waals surface area contributed by atoms with Crippen LogP contribution in [0.25, 0.3) is 22.2 Å². The number of rotatable bonds is 4. The van der Waals surface area contributed by atoms with E-state index in [1.165, 1.54) is 0 Å². The van der Waals surface area contributed by atoms with Crippen molar-refractivity contribution < 1.29 is 8.78 Å². The molecule has 0 fully saturated rings. The summed E-state index contributed by atoms with van der Waals surface area (Å²) in [4.78, 5) is 16.7. The topological polar surface area (TPSA) is 51.2 Å². The van der Waals surface area contributed by atoms with Crippen LogP contribution in [0.4, 0.5) is 25.8 Å². The molecule has 1 aliphatic heterocycles. The van der Waals surface area contributed by atoms with Gasteiger partial charge in [-0.05, 0) is 48.2 Å². The standard InChI is InChI=1S/C25H28F2N6O/c1-29(2)21-10-17(11-22-23(21)32(5)25(34)31(22)4)33-8-6-7-15-9-18(16-13-28-30(3)14-16)19(24(26)27)12-20(15)33/h9-14,24H,6-8H2,1-5H3. The van der Waals surface area contributed by atoms with Gasteiger partial charge in [0, 0.05) is 70.5 Å². The summed E-state index contributed by atoms with van der Waals surface area (Å²) < 4.78 is 33.3. The van der Waals surface area contributed by atoms with Gasteiger partial charge in [0.15, 0.2) is 0 Å². The Morgan fingerprint density at radius 2 is 1.82 bits per heavy atom. The molecule has 4 aromatic rings. The third-order valence-electron chi connectivity index (χ3n) is 6.74. The lowest BCUT2D eigenvalue weighted by molar-refractivity contribution is 0.152.